The Morgan fingerprint density at radius 3 is 1.36 bits per heavy atom. The van der Waals surface area contributed by atoms with Crippen LogP contribution in [0.25, 0.3) is 0 Å². The minimum absolute atomic E-state index is 0.0870. The standard InChI is InChI=1S/C49H82NO7P/c1-3-5-7-9-11-13-15-17-19-20-21-22-23-24-25-26-27-28-29-30-32-34-36-38-40-42-49(51)57-48(47-56-58(52,53)55-45-43-50)46-54-44-41-39-37-35-33-31-18-16-14-12-10-8-6-4-2/h5-8,11-14,17-19,21-22,24-25,27-28,31,48H,3-4,9-10,15-16,20,23,26,29-30,32-47,50H2,1-2H3,(H,52,53)/b7-5-,8-6-,13-11-,14-12-,19-17-,22-21-,25-24-,28-27-,31-18-. The van der Waals surface area contributed by atoms with Gasteiger partial charge in [0, 0.05) is 19.6 Å². The summed E-state index contributed by atoms with van der Waals surface area (Å²) in [5.74, 6) is -0.359. The molecule has 0 saturated carbocycles. The maximum Gasteiger partial charge on any atom is 0.472 e. The van der Waals surface area contributed by atoms with Crippen LogP contribution in [0.2, 0.25) is 0 Å². The van der Waals surface area contributed by atoms with E-state index in [0.717, 1.165) is 122 Å². The third kappa shape index (κ3) is 44.3. The van der Waals surface area contributed by atoms with Crippen LogP contribution in [0.4, 0.5) is 0 Å². The third-order valence-corrected chi connectivity index (χ3v) is 9.67. The summed E-state index contributed by atoms with van der Waals surface area (Å²) < 4.78 is 33.4. The molecular formula is C49H82NO7P. The molecule has 330 valence electrons. The van der Waals surface area contributed by atoms with Crippen molar-refractivity contribution in [2.75, 3.05) is 33.0 Å². The van der Waals surface area contributed by atoms with Gasteiger partial charge in [-0.15, -0.1) is 0 Å². The number of ether oxygens (including phenoxy) is 2. The van der Waals surface area contributed by atoms with Crippen LogP contribution in [0.5, 0.6) is 0 Å². The Morgan fingerprint density at radius 2 is 0.914 bits per heavy atom. The van der Waals surface area contributed by atoms with Crippen LogP contribution in [0.3, 0.4) is 0 Å². The SMILES string of the molecule is CC/C=C\C/C=C\C/C=C\C/C=C\C/C=C\C/C=C\CCCCCCCCC(=O)OC(COCCCCCC/C=C\C/C=C\C/C=C\CC)COP(=O)(O)OCCN. The number of carbonyl (C=O) groups excluding carboxylic acids is 1. The number of rotatable bonds is 41. The van der Waals surface area contributed by atoms with Crippen molar-refractivity contribution in [3.8, 4) is 0 Å². The van der Waals surface area contributed by atoms with Crippen molar-refractivity contribution in [1.82, 2.24) is 0 Å². The average Bonchev–Trinajstić information content (AvgIpc) is 3.21. The number of hydrogen-bond acceptors (Lipinski definition) is 7. The fourth-order valence-corrected chi connectivity index (χ4v) is 6.25. The third-order valence-electron chi connectivity index (χ3n) is 8.69. The summed E-state index contributed by atoms with van der Waals surface area (Å²) in [6.07, 6.45) is 61.1. The zero-order chi connectivity index (χ0) is 42.3. The molecule has 0 fully saturated rings. The first kappa shape index (κ1) is 55.2. The molecule has 2 atom stereocenters. The van der Waals surface area contributed by atoms with Crippen molar-refractivity contribution in [3.05, 3.63) is 109 Å². The lowest BCUT2D eigenvalue weighted by Crippen LogP contribution is -2.28. The quantitative estimate of drug-likeness (QED) is 0.0271. The molecule has 0 amide bonds. The van der Waals surface area contributed by atoms with E-state index in [9.17, 15) is 14.3 Å². The summed E-state index contributed by atoms with van der Waals surface area (Å²) in [5, 5.41) is 0. The highest BCUT2D eigenvalue weighted by molar-refractivity contribution is 7.47. The summed E-state index contributed by atoms with van der Waals surface area (Å²) in [4.78, 5) is 22.5. The smallest absolute Gasteiger partial charge is 0.457 e. The summed E-state index contributed by atoms with van der Waals surface area (Å²) in [7, 11) is -4.30. The minimum atomic E-state index is -4.30. The van der Waals surface area contributed by atoms with Gasteiger partial charge >= 0.3 is 13.8 Å². The predicted molar refractivity (Wildman–Crippen MR) is 247 cm³/mol. The zero-order valence-corrected chi connectivity index (χ0v) is 37.4. The molecule has 0 rings (SSSR count). The number of nitrogens with two attached hydrogens (primary N) is 1. The van der Waals surface area contributed by atoms with Gasteiger partial charge in [0.1, 0.15) is 6.10 Å². The van der Waals surface area contributed by atoms with Crippen LogP contribution < -0.4 is 5.73 Å². The number of allylic oxidation sites excluding steroid dienone is 18. The minimum Gasteiger partial charge on any atom is -0.457 e. The van der Waals surface area contributed by atoms with Crippen molar-refractivity contribution in [2.24, 2.45) is 5.73 Å². The highest BCUT2D eigenvalue weighted by Crippen LogP contribution is 2.43. The molecule has 3 N–H and O–H groups in total. The molecule has 0 spiro atoms. The maximum absolute atomic E-state index is 12.6. The van der Waals surface area contributed by atoms with Gasteiger partial charge in [-0.2, -0.15) is 0 Å². The molecule has 8 nitrogen and oxygen atoms in total. The second-order valence-electron chi connectivity index (χ2n) is 14.1. The van der Waals surface area contributed by atoms with Gasteiger partial charge in [0.25, 0.3) is 0 Å². The maximum atomic E-state index is 12.6. The Labute approximate surface area is 354 Å². The fourth-order valence-electron chi connectivity index (χ4n) is 5.48. The van der Waals surface area contributed by atoms with Gasteiger partial charge in [-0.3, -0.25) is 13.8 Å². The number of hydrogen-bond donors (Lipinski definition) is 2. The second-order valence-corrected chi connectivity index (χ2v) is 15.6. The van der Waals surface area contributed by atoms with E-state index in [4.69, 9.17) is 24.3 Å². The van der Waals surface area contributed by atoms with Crippen LogP contribution in [-0.2, 0) is 27.9 Å². The summed E-state index contributed by atoms with van der Waals surface area (Å²) in [5.41, 5.74) is 5.37. The van der Waals surface area contributed by atoms with E-state index in [0.29, 0.717) is 6.61 Å². The monoisotopic (exact) mass is 828 g/mol. The molecule has 2 unspecified atom stereocenters. The van der Waals surface area contributed by atoms with Gasteiger partial charge in [-0.05, 0) is 96.3 Å². The van der Waals surface area contributed by atoms with Crippen molar-refractivity contribution in [3.63, 3.8) is 0 Å². The molecule has 0 aromatic heterocycles. The Kier molecular flexibility index (Phi) is 43.0. The van der Waals surface area contributed by atoms with Crippen LogP contribution in [0.15, 0.2) is 109 Å². The molecule has 58 heavy (non-hydrogen) atoms. The normalized spacial score (nSPS) is 14.5. The van der Waals surface area contributed by atoms with Crippen LogP contribution >= 0.6 is 7.82 Å². The number of phosphoric ester groups is 1. The van der Waals surface area contributed by atoms with E-state index in [2.05, 4.69) is 123 Å². The number of unbranched alkanes of at least 4 members (excludes halogenated alkanes) is 10. The molecule has 0 aliphatic carbocycles. The lowest BCUT2D eigenvalue weighted by molar-refractivity contribution is -0.154. The van der Waals surface area contributed by atoms with Crippen LogP contribution in [0, 0.1) is 0 Å². The first-order valence-electron chi connectivity index (χ1n) is 22.4. The Hall–Kier alpha value is -2.84. The predicted octanol–water partition coefficient (Wildman–Crippen LogP) is 13.6. The van der Waals surface area contributed by atoms with E-state index >= 15 is 0 Å². The Balaban J connectivity index is 4.09. The van der Waals surface area contributed by atoms with Crippen molar-refractivity contribution >= 4 is 13.8 Å². The first-order chi connectivity index (χ1) is 28.4. The van der Waals surface area contributed by atoms with E-state index < -0.39 is 13.9 Å². The van der Waals surface area contributed by atoms with Gasteiger partial charge in [0.05, 0.1) is 19.8 Å². The van der Waals surface area contributed by atoms with E-state index in [-0.39, 0.29) is 38.8 Å². The first-order valence-corrected chi connectivity index (χ1v) is 23.9. The van der Waals surface area contributed by atoms with Crippen molar-refractivity contribution in [2.45, 2.75) is 161 Å². The van der Waals surface area contributed by atoms with Crippen molar-refractivity contribution < 1.29 is 32.8 Å². The number of carbonyl (C=O) groups is 1. The molecule has 9 heteroatoms. The summed E-state index contributed by atoms with van der Waals surface area (Å²) in [6, 6.07) is 0. The molecule has 0 aliphatic rings. The van der Waals surface area contributed by atoms with Gasteiger partial charge in [0.15, 0.2) is 0 Å². The average molecular weight is 828 g/mol. The van der Waals surface area contributed by atoms with Gasteiger partial charge in [0.2, 0.25) is 0 Å². The van der Waals surface area contributed by atoms with E-state index in [1.165, 1.54) is 12.8 Å². The van der Waals surface area contributed by atoms with E-state index in [1.54, 1.807) is 0 Å². The molecule has 0 aromatic rings. The molecule has 0 bridgehead atoms. The number of esters is 1. The fraction of sp³-hybridized carbons (Fsp3) is 0.612. The summed E-state index contributed by atoms with van der Waals surface area (Å²) in [6.45, 7) is 4.58. The second kappa shape index (κ2) is 45.2. The van der Waals surface area contributed by atoms with Crippen molar-refractivity contribution in [1.29, 1.82) is 0 Å². The van der Waals surface area contributed by atoms with Gasteiger partial charge in [-0.25, -0.2) is 4.57 Å². The van der Waals surface area contributed by atoms with Gasteiger partial charge in [-0.1, -0.05) is 162 Å². The Morgan fingerprint density at radius 1 is 0.517 bits per heavy atom. The van der Waals surface area contributed by atoms with Crippen LogP contribution in [0.1, 0.15) is 155 Å². The lowest BCUT2D eigenvalue weighted by atomic mass is 10.1. The van der Waals surface area contributed by atoms with Crippen LogP contribution in [-0.4, -0.2) is 49.9 Å². The Bertz CT molecular complexity index is 1250. The molecule has 0 aromatic carbocycles. The lowest BCUT2D eigenvalue weighted by Gasteiger charge is -2.20. The molecular weight excluding hydrogens is 746 g/mol. The van der Waals surface area contributed by atoms with E-state index in [1.807, 2.05) is 0 Å². The topological polar surface area (TPSA) is 117 Å². The number of phosphoric acid groups is 1. The molecule has 0 radical (unpaired) electrons. The summed E-state index contributed by atoms with van der Waals surface area (Å²) >= 11 is 0. The van der Waals surface area contributed by atoms with Gasteiger partial charge < -0.3 is 20.1 Å². The highest BCUT2D eigenvalue weighted by Gasteiger charge is 2.25. The zero-order valence-electron chi connectivity index (χ0n) is 36.5. The molecule has 0 saturated heterocycles. The molecule has 0 heterocycles. The largest absolute Gasteiger partial charge is 0.472 e. The molecule has 0 aliphatic heterocycles. The highest BCUT2D eigenvalue weighted by atomic mass is 31.2.